The highest BCUT2D eigenvalue weighted by atomic mass is 16.2. The molecule has 1 N–H and O–H groups in total. The average molecular weight is 352 g/mol. The maximum atomic E-state index is 13.4. The molecule has 1 saturated heterocycles. The van der Waals surface area contributed by atoms with Crippen molar-refractivity contribution in [1.29, 1.82) is 0 Å². The number of rotatable bonds is 1. The molecule has 130 valence electrons. The first-order valence-electron chi connectivity index (χ1n) is 9.10. The van der Waals surface area contributed by atoms with E-state index >= 15 is 0 Å². The summed E-state index contributed by atoms with van der Waals surface area (Å²) in [5.41, 5.74) is 3.13. The van der Waals surface area contributed by atoms with Gasteiger partial charge in [-0.1, -0.05) is 60.7 Å². The van der Waals surface area contributed by atoms with Gasteiger partial charge in [-0.15, -0.1) is 0 Å². The largest absolute Gasteiger partial charge is 0.321 e. The minimum atomic E-state index is -0.930. The van der Waals surface area contributed by atoms with Crippen LogP contribution >= 0.6 is 0 Å². The summed E-state index contributed by atoms with van der Waals surface area (Å²) in [5, 5.41) is 3.12. The number of para-hydroxylation sites is 2. The van der Waals surface area contributed by atoms with Crippen LogP contribution in [0.5, 0.6) is 0 Å². The molecule has 27 heavy (non-hydrogen) atoms. The van der Waals surface area contributed by atoms with Gasteiger partial charge in [0.05, 0.1) is 0 Å². The predicted molar refractivity (Wildman–Crippen MR) is 102 cm³/mol. The lowest BCUT2D eigenvalue weighted by molar-refractivity contribution is -0.137. The van der Waals surface area contributed by atoms with Crippen molar-refractivity contribution in [3.8, 4) is 0 Å². The molecule has 2 atom stereocenters. The third-order valence-corrected chi connectivity index (χ3v) is 6.32. The molecule has 0 aromatic heterocycles. The van der Waals surface area contributed by atoms with E-state index in [9.17, 15) is 9.59 Å². The molecule has 0 radical (unpaired) electrons. The van der Waals surface area contributed by atoms with E-state index in [-0.39, 0.29) is 5.78 Å². The van der Waals surface area contributed by atoms with E-state index in [2.05, 4.69) is 16.3 Å². The lowest BCUT2D eigenvalue weighted by Gasteiger charge is -2.41. The number of Topliss-reactive ketones (excluding diaryl/α,β-unsaturated/α-hetero) is 1. The minimum absolute atomic E-state index is 0.343. The van der Waals surface area contributed by atoms with Crippen LogP contribution in [-0.4, -0.2) is 11.7 Å². The number of hydrogen-bond donors (Lipinski definition) is 1. The molecule has 3 aliphatic rings. The molecule has 1 aliphatic carbocycles. The fourth-order valence-electron chi connectivity index (χ4n) is 5.40. The summed E-state index contributed by atoms with van der Waals surface area (Å²) in [6.45, 7) is 0. The van der Waals surface area contributed by atoms with Crippen molar-refractivity contribution in [2.45, 2.75) is 17.5 Å². The minimum Gasteiger partial charge on any atom is -0.321 e. The van der Waals surface area contributed by atoms with Crippen molar-refractivity contribution in [2.24, 2.45) is 0 Å². The zero-order chi connectivity index (χ0) is 18.2. The third-order valence-electron chi connectivity index (χ3n) is 6.32. The molecular formula is C23H16N2O2. The molecule has 3 aromatic carbocycles. The predicted octanol–water partition coefficient (Wildman–Crippen LogP) is 3.18. The van der Waals surface area contributed by atoms with Gasteiger partial charge in [0.2, 0.25) is 5.78 Å². The molecule has 4 nitrogen and oxygen atoms in total. The molecular weight excluding hydrogens is 336 g/mol. The average Bonchev–Trinajstić information content (AvgIpc) is 3.21. The molecule has 2 heterocycles. The Kier molecular flexibility index (Phi) is 2.54. The number of benzene rings is 3. The molecule has 6 rings (SSSR count). The van der Waals surface area contributed by atoms with Gasteiger partial charge >= 0.3 is 0 Å². The third kappa shape index (κ3) is 1.44. The quantitative estimate of drug-likeness (QED) is 0.685. The van der Waals surface area contributed by atoms with E-state index in [1.54, 1.807) is 0 Å². The first-order chi connectivity index (χ1) is 13.2. The van der Waals surface area contributed by atoms with E-state index in [0.29, 0.717) is 6.42 Å². The van der Waals surface area contributed by atoms with Crippen LogP contribution in [0.25, 0.3) is 0 Å². The number of hydrogen-bond acceptors (Lipinski definition) is 3. The van der Waals surface area contributed by atoms with Crippen molar-refractivity contribution in [2.75, 3.05) is 4.90 Å². The fraction of sp³-hybridized carbons (Fsp3) is 0.130. The number of nitrogens with zero attached hydrogens (tertiary/aromatic N) is 1. The van der Waals surface area contributed by atoms with E-state index in [1.807, 2.05) is 72.8 Å². The molecule has 3 aromatic rings. The van der Waals surface area contributed by atoms with E-state index in [0.717, 1.165) is 28.1 Å². The molecule has 0 spiro atoms. The van der Waals surface area contributed by atoms with Gasteiger partial charge in [-0.3, -0.25) is 9.59 Å². The highest BCUT2D eigenvalue weighted by Gasteiger charge is 2.76. The molecule has 1 fully saturated rings. The smallest absolute Gasteiger partial charge is 0.290 e. The lowest BCUT2D eigenvalue weighted by Crippen LogP contribution is -2.56. The first-order valence-corrected chi connectivity index (χ1v) is 9.10. The summed E-state index contributed by atoms with van der Waals surface area (Å²) >= 11 is 0. The van der Waals surface area contributed by atoms with Gasteiger partial charge in [0.15, 0.2) is 5.66 Å². The topological polar surface area (TPSA) is 49.4 Å². The number of amides is 1. The van der Waals surface area contributed by atoms with Crippen LogP contribution in [0, 0.1) is 0 Å². The molecule has 4 heteroatoms. The van der Waals surface area contributed by atoms with Crippen molar-refractivity contribution in [3.05, 3.63) is 95.6 Å². The van der Waals surface area contributed by atoms with Gasteiger partial charge in [-0.2, -0.15) is 0 Å². The Morgan fingerprint density at radius 2 is 1.44 bits per heavy atom. The van der Waals surface area contributed by atoms with Crippen LogP contribution in [0.1, 0.15) is 16.7 Å². The SMILES string of the molecule is O=C1N[C@]23c4ccccc4C[C@@]2(C1=O)c1ccccc1N3c1ccccc1. The van der Waals surface area contributed by atoms with Crippen LogP contribution in [0.3, 0.4) is 0 Å². The summed E-state index contributed by atoms with van der Waals surface area (Å²) in [4.78, 5) is 28.2. The lowest BCUT2D eigenvalue weighted by atomic mass is 9.72. The maximum Gasteiger partial charge on any atom is 0.290 e. The van der Waals surface area contributed by atoms with E-state index < -0.39 is 17.0 Å². The van der Waals surface area contributed by atoms with Gasteiger partial charge in [-0.05, 0) is 35.7 Å². The standard InChI is InChI=1S/C23H16N2O2/c26-20-21(27)24-23-17-11-5-4-8-15(17)14-22(20,23)18-12-6-7-13-19(18)25(23)16-9-2-1-3-10-16/h1-13H,14H2,(H,24,27)/t22-,23-/m0/s1. The Morgan fingerprint density at radius 1 is 0.778 bits per heavy atom. The van der Waals surface area contributed by atoms with E-state index in [4.69, 9.17) is 0 Å². The molecule has 2 aliphatic heterocycles. The highest BCUT2D eigenvalue weighted by Crippen LogP contribution is 2.65. The number of carbonyl (C=O) groups is 2. The van der Waals surface area contributed by atoms with Crippen LogP contribution in [0.15, 0.2) is 78.9 Å². The summed E-state index contributed by atoms with van der Waals surface area (Å²) in [5.74, 6) is -0.843. The Bertz CT molecular complexity index is 1140. The van der Waals surface area contributed by atoms with Gasteiger partial charge in [0.25, 0.3) is 5.91 Å². The number of fused-ring (bicyclic) bond motifs is 2. The zero-order valence-corrected chi connectivity index (χ0v) is 14.5. The monoisotopic (exact) mass is 352 g/mol. The summed E-state index contributed by atoms with van der Waals surface area (Å²) in [6, 6.07) is 26.0. The number of ketones is 1. The first kappa shape index (κ1) is 14.7. The Labute approximate surface area is 156 Å². The number of nitrogens with one attached hydrogen (secondary N) is 1. The Balaban J connectivity index is 1.78. The van der Waals surface area contributed by atoms with Gasteiger partial charge in [-0.25, -0.2) is 0 Å². The summed E-state index contributed by atoms with van der Waals surface area (Å²) in [7, 11) is 0. The number of carbonyl (C=O) groups excluding carboxylic acids is 2. The Hall–Kier alpha value is -3.40. The van der Waals surface area contributed by atoms with Crippen molar-refractivity contribution < 1.29 is 9.59 Å². The second-order valence-corrected chi connectivity index (χ2v) is 7.42. The second-order valence-electron chi connectivity index (χ2n) is 7.42. The highest BCUT2D eigenvalue weighted by molar-refractivity contribution is 6.44. The van der Waals surface area contributed by atoms with Crippen molar-refractivity contribution in [3.63, 3.8) is 0 Å². The zero-order valence-electron chi connectivity index (χ0n) is 14.5. The van der Waals surface area contributed by atoms with Gasteiger partial charge in [0.1, 0.15) is 5.41 Å². The van der Waals surface area contributed by atoms with Crippen LogP contribution in [0.2, 0.25) is 0 Å². The summed E-state index contributed by atoms with van der Waals surface area (Å²) < 4.78 is 0. The number of anilines is 2. The Morgan fingerprint density at radius 3 is 2.26 bits per heavy atom. The van der Waals surface area contributed by atoms with E-state index in [1.165, 1.54) is 0 Å². The maximum absolute atomic E-state index is 13.4. The van der Waals surface area contributed by atoms with Crippen molar-refractivity contribution in [1.82, 2.24) is 5.32 Å². The van der Waals surface area contributed by atoms with Gasteiger partial charge in [0, 0.05) is 16.9 Å². The van der Waals surface area contributed by atoms with Gasteiger partial charge < -0.3 is 10.2 Å². The van der Waals surface area contributed by atoms with Crippen molar-refractivity contribution >= 4 is 23.1 Å². The molecule has 1 amide bonds. The van der Waals surface area contributed by atoms with Crippen LogP contribution in [-0.2, 0) is 27.1 Å². The molecule has 0 unspecified atom stereocenters. The second kappa shape index (κ2) is 4.65. The molecule has 0 bridgehead atoms. The molecule has 0 saturated carbocycles. The normalized spacial score (nSPS) is 27.0. The van der Waals surface area contributed by atoms with Crippen LogP contribution < -0.4 is 10.2 Å². The summed E-state index contributed by atoms with van der Waals surface area (Å²) in [6.07, 6.45) is 0.529. The fourth-order valence-corrected chi connectivity index (χ4v) is 5.40. The van der Waals surface area contributed by atoms with Crippen LogP contribution in [0.4, 0.5) is 11.4 Å².